The van der Waals surface area contributed by atoms with Crippen molar-refractivity contribution in [2.45, 2.75) is 26.3 Å². The van der Waals surface area contributed by atoms with Crippen LogP contribution in [0.4, 0.5) is 5.69 Å². The van der Waals surface area contributed by atoms with E-state index in [2.05, 4.69) is 57.3 Å². The van der Waals surface area contributed by atoms with Crippen molar-refractivity contribution >= 4 is 16.5 Å². The highest BCUT2D eigenvalue weighted by Crippen LogP contribution is 2.31. The van der Waals surface area contributed by atoms with Gasteiger partial charge in [-0.15, -0.1) is 0 Å². The van der Waals surface area contributed by atoms with Gasteiger partial charge in [-0.1, -0.05) is 36.4 Å². The first-order valence-corrected chi connectivity index (χ1v) is 9.09. The van der Waals surface area contributed by atoms with Crippen molar-refractivity contribution in [3.63, 3.8) is 0 Å². The van der Waals surface area contributed by atoms with E-state index in [4.69, 9.17) is 9.84 Å². The van der Waals surface area contributed by atoms with E-state index in [1.807, 2.05) is 6.92 Å². The highest BCUT2D eigenvalue weighted by molar-refractivity contribution is 5.94. The van der Waals surface area contributed by atoms with E-state index in [-0.39, 0.29) is 6.61 Å². The lowest BCUT2D eigenvalue weighted by Crippen LogP contribution is -2.32. The van der Waals surface area contributed by atoms with Crippen molar-refractivity contribution < 1.29 is 9.84 Å². The van der Waals surface area contributed by atoms with Gasteiger partial charge in [-0.2, -0.15) is 4.98 Å². The quantitative estimate of drug-likeness (QED) is 0.717. The van der Waals surface area contributed by atoms with Crippen molar-refractivity contribution in [2.75, 3.05) is 24.7 Å². The molecule has 0 bridgehead atoms. The van der Waals surface area contributed by atoms with Crippen LogP contribution < -0.4 is 9.64 Å². The molecule has 1 aromatic heterocycles. The Hall–Kier alpha value is -2.66. The fourth-order valence-corrected chi connectivity index (χ4v) is 3.57. The molecule has 1 aliphatic rings. The number of benzene rings is 2. The van der Waals surface area contributed by atoms with Gasteiger partial charge in [0.25, 0.3) is 0 Å². The number of hydrogen-bond acceptors (Lipinski definition) is 5. The van der Waals surface area contributed by atoms with Crippen LogP contribution in [0.3, 0.4) is 0 Å². The maximum Gasteiger partial charge on any atom is 0.316 e. The summed E-state index contributed by atoms with van der Waals surface area (Å²) in [6.07, 6.45) is 1.52. The van der Waals surface area contributed by atoms with Gasteiger partial charge in [0.05, 0.1) is 18.8 Å². The third kappa shape index (κ3) is 3.22. The molecule has 26 heavy (non-hydrogen) atoms. The monoisotopic (exact) mass is 349 g/mol. The molecule has 0 spiro atoms. The molecule has 4 rings (SSSR count). The number of rotatable bonds is 5. The number of aryl methyl sites for hydroxylation is 1. The highest BCUT2D eigenvalue weighted by atomic mass is 16.5. The molecule has 134 valence electrons. The minimum atomic E-state index is 0.110. The zero-order valence-electron chi connectivity index (χ0n) is 15.0. The molecule has 0 amide bonds. The normalized spacial score (nSPS) is 13.7. The predicted octanol–water partition coefficient (Wildman–Crippen LogP) is 3.26. The highest BCUT2D eigenvalue weighted by Gasteiger charge is 2.22. The van der Waals surface area contributed by atoms with Crippen LogP contribution in [0.25, 0.3) is 10.8 Å². The zero-order chi connectivity index (χ0) is 17.9. The Kier molecular flexibility index (Phi) is 4.71. The van der Waals surface area contributed by atoms with Gasteiger partial charge in [-0.25, -0.2) is 4.98 Å². The number of fused-ring (bicyclic) bond motifs is 2. The van der Waals surface area contributed by atoms with Crippen molar-refractivity contribution in [1.29, 1.82) is 0 Å². The number of anilines is 1. The SMILES string of the molecule is Cc1nc(OCCCO)nc2c1CCN(c1cccc3ccccc13)C2. The molecule has 1 N–H and O–H groups in total. The number of nitrogens with zero attached hydrogens (tertiary/aromatic N) is 3. The number of aliphatic hydroxyl groups excluding tert-OH is 1. The van der Waals surface area contributed by atoms with Crippen molar-refractivity contribution in [3.8, 4) is 6.01 Å². The van der Waals surface area contributed by atoms with Crippen LogP contribution in [-0.4, -0.2) is 34.8 Å². The molecule has 5 heteroatoms. The summed E-state index contributed by atoms with van der Waals surface area (Å²) in [7, 11) is 0. The molecule has 0 radical (unpaired) electrons. The number of ether oxygens (including phenoxy) is 1. The molecule has 0 atom stereocenters. The van der Waals surface area contributed by atoms with Crippen LogP contribution in [0.2, 0.25) is 0 Å². The first kappa shape index (κ1) is 16.8. The molecule has 0 unspecified atom stereocenters. The van der Waals surface area contributed by atoms with Gasteiger partial charge < -0.3 is 14.7 Å². The third-order valence-corrected chi connectivity index (χ3v) is 4.89. The summed E-state index contributed by atoms with van der Waals surface area (Å²) in [4.78, 5) is 11.5. The number of hydrogen-bond donors (Lipinski definition) is 1. The Bertz CT molecular complexity index is 921. The van der Waals surface area contributed by atoms with Crippen LogP contribution in [0.5, 0.6) is 6.01 Å². The Morgan fingerprint density at radius 1 is 1.12 bits per heavy atom. The summed E-state index contributed by atoms with van der Waals surface area (Å²) in [6.45, 7) is 4.27. The maximum absolute atomic E-state index is 8.91. The van der Waals surface area contributed by atoms with E-state index in [9.17, 15) is 0 Å². The van der Waals surface area contributed by atoms with Crippen LogP contribution in [0, 0.1) is 6.92 Å². The lowest BCUT2D eigenvalue weighted by molar-refractivity contribution is 0.223. The Balaban J connectivity index is 1.64. The second-order valence-corrected chi connectivity index (χ2v) is 6.61. The molecule has 0 aliphatic carbocycles. The maximum atomic E-state index is 8.91. The minimum absolute atomic E-state index is 0.110. The summed E-state index contributed by atoms with van der Waals surface area (Å²) in [5.41, 5.74) is 4.51. The lowest BCUT2D eigenvalue weighted by atomic mass is 10.0. The summed E-state index contributed by atoms with van der Waals surface area (Å²) < 4.78 is 5.60. The van der Waals surface area contributed by atoms with E-state index in [0.29, 0.717) is 19.0 Å². The lowest BCUT2D eigenvalue weighted by Gasteiger charge is -2.31. The molecule has 2 aromatic carbocycles. The predicted molar refractivity (Wildman–Crippen MR) is 103 cm³/mol. The van der Waals surface area contributed by atoms with Gasteiger partial charge in [0, 0.05) is 36.3 Å². The molecular formula is C21H23N3O2. The summed E-state index contributed by atoms with van der Waals surface area (Å²) in [5.74, 6) is 0. The van der Waals surface area contributed by atoms with Gasteiger partial charge in [-0.3, -0.25) is 0 Å². The largest absolute Gasteiger partial charge is 0.463 e. The Morgan fingerprint density at radius 3 is 2.85 bits per heavy atom. The van der Waals surface area contributed by atoms with E-state index in [0.717, 1.165) is 30.9 Å². The van der Waals surface area contributed by atoms with Gasteiger partial charge in [0.1, 0.15) is 0 Å². The van der Waals surface area contributed by atoms with Gasteiger partial charge in [0.2, 0.25) is 0 Å². The standard InChI is InChI=1S/C21H23N3O2/c1-15-17-10-11-24(14-19(17)23-21(22-15)26-13-5-12-25)20-9-4-7-16-6-2-3-8-18(16)20/h2-4,6-9,25H,5,10-14H2,1H3. The van der Waals surface area contributed by atoms with E-state index < -0.39 is 0 Å². The third-order valence-electron chi connectivity index (χ3n) is 4.89. The molecule has 1 aliphatic heterocycles. The first-order valence-electron chi connectivity index (χ1n) is 9.09. The number of aromatic nitrogens is 2. The van der Waals surface area contributed by atoms with Crippen molar-refractivity contribution in [2.24, 2.45) is 0 Å². The van der Waals surface area contributed by atoms with E-state index in [1.165, 1.54) is 22.0 Å². The fourth-order valence-electron chi connectivity index (χ4n) is 3.57. The smallest absolute Gasteiger partial charge is 0.316 e. The molecular weight excluding hydrogens is 326 g/mol. The Labute approximate surface area is 153 Å². The zero-order valence-corrected chi connectivity index (χ0v) is 15.0. The molecule has 2 heterocycles. The van der Waals surface area contributed by atoms with Crippen LogP contribution in [-0.2, 0) is 13.0 Å². The van der Waals surface area contributed by atoms with Gasteiger partial charge in [0.15, 0.2) is 0 Å². The van der Waals surface area contributed by atoms with Crippen LogP contribution in [0.1, 0.15) is 23.4 Å². The number of aliphatic hydroxyl groups is 1. The first-order chi connectivity index (χ1) is 12.8. The second-order valence-electron chi connectivity index (χ2n) is 6.61. The van der Waals surface area contributed by atoms with Crippen molar-refractivity contribution in [1.82, 2.24) is 9.97 Å². The Morgan fingerprint density at radius 2 is 1.96 bits per heavy atom. The van der Waals surface area contributed by atoms with Crippen molar-refractivity contribution in [3.05, 3.63) is 59.4 Å². The van der Waals surface area contributed by atoms with E-state index in [1.54, 1.807) is 0 Å². The molecule has 0 fully saturated rings. The molecule has 0 saturated carbocycles. The topological polar surface area (TPSA) is 58.5 Å². The van der Waals surface area contributed by atoms with Crippen LogP contribution in [0.15, 0.2) is 42.5 Å². The average molecular weight is 349 g/mol. The fraction of sp³-hybridized carbons (Fsp3) is 0.333. The average Bonchev–Trinajstić information content (AvgIpc) is 2.67. The summed E-state index contributed by atoms with van der Waals surface area (Å²) in [5, 5.41) is 11.4. The van der Waals surface area contributed by atoms with Crippen LogP contribution >= 0.6 is 0 Å². The molecule has 0 saturated heterocycles. The molecule has 5 nitrogen and oxygen atoms in total. The minimum Gasteiger partial charge on any atom is -0.463 e. The second kappa shape index (κ2) is 7.30. The molecule has 3 aromatic rings. The summed E-state index contributed by atoms with van der Waals surface area (Å²) >= 11 is 0. The van der Waals surface area contributed by atoms with Gasteiger partial charge >= 0.3 is 6.01 Å². The van der Waals surface area contributed by atoms with E-state index >= 15 is 0 Å². The van der Waals surface area contributed by atoms with Gasteiger partial charge in [-0.05, 0) is 30.4 Å². The summed E-state index contributed by atoms with van der Waals surface area (Å²) in [6, 6.07) is 15.3.